The Morgan fingerprint density at radius 1 is 1.03 bits per heavy atom. The molecule has 3 aromatic carbocycles. The van der Waals surface area contributed by atoms with Gasteiger partial charge in [-0.15, -0.1) is 0 Å². The molecule has 8 nitrogen and oxygen atoms in total. The Hall–Kier alpha value is -3.60. The van der Waals surface area contributed by atoms with E-state index in [1.54, 1.807) is 31.2 Å². The lowest BCUT2D eigenvalue weighted by Gasteiger charge is -2.33. The fourth-order valence-electron chi connectivity index (χ4n) is 4.05. The van der Waals surface area contributed by atoms with E-state index < -0.39 is 34.7 Å². The molecule has 1 aliphatic rings. The van der Waals surface area contributed by atoms with Gasteiger partial charge in [-0.1, -0.05) is 30.3 Å². The van der Waals surface area contributed by atoms with Crippen molar-refractivity contribution in [2.45, 2.75) is 25.4 Å². The van der Waals surface area contributed by atoms with E-state index in [2.05, 4.69) is 22.6 Å². The first kappa shape index (κ1) is 23.6. The fourth-order valence-corrected chi connectivity index (χ4v) is 4.41. The smallest absolute Gasteiger partial charge is 0.269 e. The molecule has 2 unspecified atom stereocenters. The minimum Gasteiger partial charge on any atom is -0.319 e. The molecule has 1 saturated heterocycles. The first-order valence-corrected chi connectivity index (χ1v) is 11.6. The molecule has 0 bridgehead atoms. The molecule has 1 aliphatic heterocycles. The number of rotatable bonds is 6. The van der Waals surface area contributed by atoms with Gasteiger partial charge in [0.15, 0.2) is 0 Å². The number of hydrogen-bond acceptors (Lipinski definition) is 5. The van der Waals surface area contributed by atoms with Crippen LogP contribution in [0.2, 0.25) is 0 Å². The third-order valence-corrected chi connectivity index (χ3v) is 6.52. The number of carbonyl (C=O) groups is 3. The lowest BCUT2D eigenvalue weighted by molar-refractivity contribution is -0.384. The van der Waals surface area contributed by atoms with Crippen LogP contribution in [-0.2, 0) is 9.59 Å². The zero-order valence-electron chi connectivity index (χ0n) is 18.1. The molecule has 9 heteroatoms. The highest BCUT2D eigenvalue weighted by Gasteiger charge is 2.46. The van der Waals surface area contributed by atoms with Crippen LogP contribution in [0.1, 0.15) is 35.3 Å². The zero-order valence-corrected chi connectivity index (χ0v) is 20.3. The van der Waals surface area contributed by atoms with E-state index in [4.69, 9.17) is 0 Å². The van der Waals surface area contributed by atoms with E-state index in [1.807, 2.05) is 30.3 Å². The van der Waals surface area contributed by atoms with Crippen molar-refractivity contribution in [3.8, 4) is 0 Å². The molecule has 0 aromatic heterocycles. The Morgan fingerprint density at radius 2 is 1.65 bits per heavy atom. The van der Waals surface area contributed by atoms with Crippen molar-refractivity contribution in [2.24, 2.45) is 0 Å². The van der Waals surface area contributed by atoms with E-state index in [0.717, 1.165) is 14.0 Å². The van der Waals surface area contributed by atoms with E-state index in [0.29, 0.717) is 5.69 Å². The average molecular weight is 569 g/mol. The van der Waals surface area contributed by atoms with Gasteiger partial charge >= 0.3 is 0 Å². The molecule has 3 amide bonds. The number of hydrogen-bond donors (Lipinski definition) is 0. The number of anilines is 1. The van der Waals surface area contributed by atoms with Gasteiger partial charge in [0.05, 0.1) is 23.1 Å². The van der Waals surface area contributed by atoms with Crippen LogP contribution in [-0.4, -0.2) is 33.6 Å². The molecule has 0 N–H and O–H groups in total. The van der Waals surface area contributed by atoms with Gasteiger partial charge in [0.1, 0.15) is 6.04 Å². The molecule has 0 aliphatic carbocycles. The summed E-state index contributed by atoms with van der Waals surface area (Å²) in [6.07, 6.45) is -0.152. The Labute approximate surface area is 209 Å². The molecule has 0 spiro atoms. The average Bonchev–Trinajstić information content (AvgIpc) is 3.13. The Morgan fingerprint density at radius 3 is 2.24 bits per heavy atom. The van der Waals surface area contributed by atoms with Crippen LogP contribution >= 0.6 is 22.6 Å². The summed E-state index contributed by atoms with van der Waals surface area (Å²) in [5, 5.41) is 11.0. The van der Waals surface area contributed by atoms with Crippen LogP contribution in [0, 0.1) is 13.7 Å². The number of benzene rings is 3. The van der Waals surface area contributed by atoms with E-state index in [-0.39, 0.29) is 17.7 Å². The summed E-state index contributed by atoms with van der Waals surface area (Å²) in [6, 6.07) is 19.9. The number of imide groups is 1. The maximum absolute atomic E-state index is 13.6. The first-order valence-electron chi connectivity index (χ1n) is 10.5. The fraction of sp³-hybridized carbons (Fsp3) is 0.160. The number of non-ortho nitro benzene ring substituents is 1. The van der Waals surface area contributed by atoms with Gasteiger partial charge in [0.2, 0.25) is 5.91 Å². The van der Waals surface area contributed by atoms with Gasteiger partial charge < -0.3 is 4.90 Å². The molecule has 3 aromatic rings. The van der Waals surface area contributed by atoms with Gasteiger partial charge in [-0.05, 0) is 71.5 Å². The van der Waals surface area contributed by atoms with Crippen molar-refractivity contribution in [1.82, 2.24) is 4.90 Å². The highest BCUT2D eigenvalue weighted by Crippen LogP contribution is 2.33. The van der Waals surface area contributed by atoms with Gasteiger partial charge in [-0.3, -0.25) is 24.5 Å². The van der Waals surface area contributed by atoms with E-state index >= 15 is 0 Å². The second-order valence-electron chi connectivity index (χ2n) is 7.87. The molecule has 0 radical (unpaired) electrons. The summed E-state index contributed by atoms with van der Waals surface area (Å²) in [4.78, 5) is 53.0. The van der Waals surface area contributed by atoms with Gasteiger partial charge in [0, 0.05) is 21.3 Å². The topological polar surface area (TPSA) is 101 Å². The molecule has 172 valence electrons. The van der Waals surface area contributed by atoms with Crippen LogP contribution in [0.4, 0.5) is 11.4 Å². The maximum atomic E-state index is 13.6. The SMILES string of the molecule is CC(c1ccccc1)N(C(=O)c1ccc([N+](=O)[O-])cc1)C1CC(=O)N(c2ccc(I)cc2)C1=O. The number of carbonyl (C=O) groups excluding carboxylic acids is 3. The monoisotopic (exact) mass is 569 g/mol. The summed E-state index contributed by atoms with van der Waals surface area (Å²) in [7, 11) is 0. The predicted octanol–water partition coefficient (Wildman–Crippen LogP) is 4.73. The zero-order chi connectivity index (χ0) is 24.4. The summed E-state index contributed by atoms with van der Waals surface area (Å²) in [5.41, 5.74) is 1.30. The van der Waals surface area contributed by atoms with Crippen molar-refractivity contribution >= 4 is 51.7 Å². The summed E-state index contributed by atoms with van der Waals surface area (Å²) in [6.45, 7) is 1.80. The van der Waals surface area contributed by atoms with Gasteiger partial charge in [-0.25, -0.2) is 4.90 Å². The number of halogens is 1. The Bertz CT molecular complexity index is 1250. The van der Waals surface area contributed by atoms with Crippen molar-refractivity contribution in [2.75, 3.05) is 4.90 Å². The second-order valence-corrected chi connectivity index (χ2v) is 9.11. The lowest BCUT2D eigenvalue weighted by atomic mass is 10.0. The largest absolute Gasteiger partial charge is 0.319 e. The predicted molar refractivity (Wildman–Crippen MR) is 134 cm³/mol. The van der Waals surface area contributed by atoms with E-state index in [9.17, 15) is 24.5 Å². The highest BCUT2D eigenvalue weighted by molar-refractivity contribution is 14.1. The van der Waals surface area contributed by atoms with Crippen LogP contribution < -0.4 is 4.90 Å². The number of nitro groups is 1. The molecule has 0 saturated carbocycles. The van der Waals surface area contributed by atoms with Crippen LogP contribution in [0.3, 0.4) is 0 Å². The molecular formula is C25H20IN3O5. The standard InChI is InChI=1S/C25H20IN3O5/c1-16(17-5-3-2-4-6-17)27(24(31)18-7-11-21(12-8-18)29(33)34)22-15-23(30)28(25(22)32)20-13-9-19(26)10-14-20/h2-14,16,22H,15H2,1H3. The molecule has 34 heavy (non-hydrogen) atoms. The van der Waals surface area contributed by atoms with E-state index in [1.165, 1.54) is 29.2 Å². The second kappa shape index (κ2) is 9.72. The number of nitrogens with zero attached hydrogens (tertiary/aromatic N) is 3. The molecular weight excluding hydrogens is 549 g/mol. The number of nitro benzene ring substituents is 1. The van der Waals surface area contributed by atoms with Crippen LogP contribution in [0.15, 0.2) is 78.9 Å². The normalized spacial score (nSPS) is 16.4. The van der Waals surface area contributed by atoms with Crippen molar-refractivity contribution in [3.63, 3.8) is 0 Å². The summed E-state index contributed by atoms with van der Waals surface area (Å²) in [5.74, 6) is -1.36. The summed E-state index contributed by atoms with van der Waals surface area (Å²) < 4.78 is 0.963. The van der Waals surface area contributed by atoms with Crippen molar-refractivity contribution in [1.29, 1.82) is 0 Å². The first-order chi connectivity index (χ1) is 16.3. The number of amides is 3. The van der Waals surface area contributed by atoms with Crippen molar-refractivity contribution < 1.29 is 19.3 Å². The van der Waals surface area contributed by atoms with Crippen molar-refractivity contribution in [3.05, 3.63) is 104 Å². The minimum absolute atomic E-state index is 0.142. The summed E-state index contributed by atoms with van der Waals surface area (Å²) >= 11 is 2.14. The maximum Gasteiger partial charge on any atom is 0.269 e. The molecule has 1 fully saturated rings. The van der Waals surface area contributed by atoms with Gasteiger partial charge in [0.25, 0.3) is 17.5 Å². The van der Waals surface area contributed by atoms with Crippen LogP contribution in [0.5, 0.6) is 0 Å². The lowest BCUT2D eigenvalue weighted by Crippen LogP contribution is -2.46. The van der Waals surface area contributed by atoms with Gasteiger partial charge in [-0.2, -0.15) is 0 Å². The molecule has 2 atom stereocenters. The Kier molecular flexibility index (Phi) is 6.73. The molecule has 1 heterocycles. The molecule has 4 rings (SSSR count). The minimum atomic E-state index is -1.01. The van der Waals surface area contributed by atoms with Crippen LogP contribution in [0.25, 0.3) is 0 Å². The quantitative estimate of drug-likeness (QED) is 0.185. The third-order valence-electron chi connectivity index (χ3n) is 5.80. The highest BCUT2D eigenvalue weighted by atomic mass is 127. The third kappa shape index (κ3) is 4.56. The Balaban J connectivity index is 1.72.